The molecule has 0 radical (unpaired) electrons. The van der Waals surface area contributed by atoms with Crippen molar-refractivity contribution in [2.45, 2.75) is 37.1 Å². The number of primary sulfonamides is 1. The van der Waals surface area contributed by atoms with Crippen LogP contribution in [0.5, 0.6) is 0 Å². The van der Waals surface area contributed by atoms with Crippen LogP contribution in [-0.2, 0) is 23.0 Å². The molecule has 2 aliphatic heterocycles. The Labute approximate surface area is 166 Å². The predicted octanol–water partition coefficient (Wildman–Crippen LogP) is 2.52. The molecule has 2 heterocycles. The Morgan fingerprint density at radius 2 is 1.79 bits per heavy atom. The summed E-state index contributed by atoms with van der Waals surface area (Å²) in [7, 11) is -3.69. The molecule has 0 saturated carbocycles. The third-order valence-electron chi connectivity index (χ3n) is 5.56. The number of nitrogens with zero attached hydrogens (tertiary/aromatic N) is 2. The van der Waals surface area contributed by atoms with E-state index in [-0.39, 0.29) is 10.8 Å². The Bertz CT molecular complexity index is 998. The van der Waals surface area contributed by atoms with E-state index in [9.17, 15) is 13.2 Å². The van der Waals surface area contributed by atoms with Gasteiger partial charge < -0.3 is 9.80 Å². The highest BCUT2D eigenvalue weighted by Gasteiger charge is 2.22. The summed E-state index contributed by atoms with van der Waals surface area (Å²) in [5.74, 6) is 0.112. The number of piperidine rings is 1. The summed E-state index contributed by atoms with van der Waals surface area (Å²) in [4.78, 5) is 17.1. The number of hydrogen-bond acceptors (Lipinski definition) is 4. The van der Waals surface area contributed by atoms with Crippen LogP contribution in [-0.4, -0.2) is 38.9 Å². The molecule has 2 aromatic rings. The molecule has 0 aliphatic carbocycles. The van der Waals surface area contributed by atoms with Crippen LogP contribution in [0.25, 0.3) is 0 Å². The maximum Gasteiger partial charge on any atom is 0.253 e. The van der Waals surface area contributed by atoms with Gasteiger partial charge in [0.2, 0.25) is 10.0 Å². The molecule has 148 valence electrons. The first-order valence-electron chi connectivity index (χ1n) is 9.71. The normalized spacial score (nSPS) is 16.9. The quantitative estimate of drug-likeness (QED) is 0.856. The van der Waals surface area contributed by atoms with Crippen LogP contribution >= 0.6 is 0 Å². The van der Waals surface area contributed by atoms with E-state index in [1.165, 1.54) is 6.42 Å². The molecular formula is C21H25N3O3S. The molecule has 0 spiro atoms. The van der Waals surface area contributed by atoms with Crippen molar-refractivity contribution in [1.29, 1.82) is 0 Å². The van der Waals surface area contributed by atoms with E-state index in [0.29, 0.717) is 6.54 Å². The van der Waals surface area contributed by atoms with E-state index in [1.54, 1.807) is 12.1 Å². The minimum Gasteiger partial charge on any atom is -0.367 e. The van der Waals surface area contributed by atoms with Gasteiger partial charge in [-0.05, 0) is 67.1 Å². The van der Waals surface area contributed by atoms with Gasteiger partial charge in [-0.1, -0.05) is 12.1 Å². The summed E-state index contributed by atoms with van der Waals surface area (Å²) < 4.78 is 23.1. The summed E-state index contributed by atoms with van der Waals surface area (Å²) in [6.45, 7) is 3.18. The Hall–Kier alpha value is -2.38. The molecule has 6 nitrogen and oxygen atoms in total. The molecule has 7 heteroatoms. The Balaban J connectivity index is 1.51. The van der Waals surface area contributed by atoms with E-state index in [2.05, 4.69) is 4.90 Å². The Kier molecular flexibility index (Phi) is 5.12. The van der Waals surface area contributed by atoms with Gasteiger partial charge >= 0.3 is 0 Å². The summed E-state index contributed by atoms with van der Waals surface area (Å²) >= 11 is 0. The van der Waals surface area contributed by atoms with Crippen LogP contribution in [0.3, 0.4) is 0 Å². The first-order chi connectivity index (χ1) is 13.4. The fraction of sp³-hybridized carbons (Fsp3) is 0.381. The number of carbonyl (C=O) groups is 1. The van der Waals surface area contributed by atoms with Gasteiger partial charge in [-0.3, -0.25) is 4.79 Å². The molecule has 0 atom stereocenters. The molecule has 0 aromatic heterocycles. The van der Waals surface area contributed by atoms with Crippen LogP contribution in [0.15, 0.2) is 47.4 Å². The van der Waals surface area contributed by atoms with Gasteiger partial charge in [-0.15, -0.1) is 0 Å². The molecule has 28 heavy (non-hydrogen) atoms. The number of anilines is 1. The van der Waals surface area contributed by atoms with Crippen molar-refractivity contribution >= 4 is 21.6 Å². The van der Waals surface area contributed by atoms with Crippen LogP contribution in [0.1, 0.15) is 40.7 Å². The fourth-order valence-electron chi connectivity index (χ4n) is 4.09. The maximum atomic E-state index is 12.8. The van der Waals surface area contributed by atoms with E-state index in [0.717, 1.165) is 61.3 Å². The highest BCUT2D eigenvalue weighted by molar-refractivity contribution is 7.89. The zero-order valence-electron chi connectivity index (χ0n) is 15.8. The van der Waals surface area contributed by atoms with Crippen molar-refractivity contribution in [3.05, 3.63) is 59.2 Å². The molecule has 4 rings (SSSR count). The summed E-state index contributed by atoms with van der Waals surface area (Å²) in [5.41, 5.74) is 3.84. The number of likely N-dealkylation sites (tertiary alicyclic amines) is 1. The van der Waals surface area contributed by atoms with E-state index in [4.69, 9.17) is 5.14 Å². The Morgan fingerprint density at radius 1 is 1.00 bits per heavy atom. The van der Waals surface area contributed by atoms with E-state index in [1.807, 2.05) is 35.2 Å². The van der Waals surface area contributed by atoms with Crippen molar-refractivity contribution in [1.82, 2.24) is 4.90 Å². The highest BCUT2D eigenvalue weighted by atomic mass is 32.2. The third-order valence-corrected chi connectivity index (χ3v) is 6.47. The van der Waals surface area contributed by atoms with Gasteiger partial charge in [0.15, 0.2) is 0 Å². The zero-order chi connectivity index (χ0) is 19.7. The van der Waals surface area contributed by atoms with Gasteiger partial charge in [-0.25, -0.2) is 13.6 Å². The molecular weight excluding hydrogens is 374 g/mol. The maximum absolute atomic E-state index is 12.8. The lowest BCUT2D eigenvalue weighted by atomic mass is 10.1. The number of benzene rings is 2. The summed E-state index contributed by atoms with van der Waals surface area (Å²) in [5, 5.41) is 5.24. The minimum absolute atomic E-state index is 0.112. The fourth-order valence-corrected chi connectivity index (χ4v) is 4.65. The summed E-state index contributed by atoms with van der Waals surface area (Å²) in [6.07, 6.45) is 4.14. The van der Waals surface area contributed by atoms with Gasteiger partial charge in [0.25, 0.3) is 5.91 Å². The second-order valence-electron chi connectivity index (χ2n) is 7.56. The molecule has 2 aliphatic rings. The second kappa shape index (κ2) is 7.56. The van der Waals surface area contributed by atoms with Crippen LogP contribution in [0.2, 0.25) is 0 Å². The lowest BCUT2D eigenvalue weighted by molar-refractivity contribution is 0.0724. The van der Waals surface area contributed by atoms with Crippen molar-refractivity contribution in [2.24, 2.45) is 5.14 Å². The number of amides is 1. The van der Waals surface area contributed by atoms with E-state index < -0.39 is 10.0 Å². The predicted molar refractivity (Wildman–Crippen MR) is 109 cm³/mol. The van der Waals surface area contributed by atoms with Gasteiger partial charge in [-0.2, -0.15) is 0 Å². The number of carbonyl (C=O) groups excluding carboxylic acids is 1. The monoisotopic (exact) mass is 399 g/mol. The van der Waals surface area contributed by atoms with E-state index >= 15 is 0 Å². The number of nitrogens with two attached hydrogens (primary N) is 1. The van der Waals surface area contributed by atoms with Crippen molar-refractivity contribution in [3.8, 4) is 0 Å². The summed E-state index contributed by atoms with van der Waals surface area (Å²) in [6, 6.07) is 12.9. The molecule has 1 amide bonds. The molecule has 2 aromatic carbocycles. The molecule has 0 bridgehead atoms. The lowest BCUT2D eigenvalue weighted by Gasteiger charge is -2.27. The average molecular weight is 400 g/mol. The van der Waals surface area contributed by atoms with Crippen molar-refractivity contribution < 1.29 is 13.2 Å². The van der Waals surface area contributed by atoms with Gasteiger partial charge in [0.1, 0.15) is 0 Å². The van der Waals surface area contributed by atoms with Crippen molar-refractivity contribution in [2.75, 3.05) is 24.5 Å². The number of hydrogen-bond donors (Lipinski definition) is 1. The smallest absolute Gasteiger partial charge is 0.253 e. The SMILES string of the molecule is NS(=O)(=O)c1ccc2c(c1)CCN2Cc1cccc(C(=O)N2CCCCC2)c1. The molecule has 1 saturated heterocycles. The van der Waals surface area contributed by atoms with Crippen LogP contribution in [0.4, 0.5) is 5.69 Å². The van der Waals surface area contributed by atoms with Crippen LogP contribution in [0, 0.1) is 0 Å². The Morgan fingerprint density at radius 3 is 2.54 bits per heavy atom. The standard InChI is InChI=1S/C21H25N3O3S/c22-28(26,27)19-7-8-20-17(14-19)9-12-24(20)15-16-5-4-6-18(13-16)21(25)23-10-2-1-3-11-23/h4-8,13-14H,1-3,9-12,15H2,(H2,22,26,27). The largest absolute Gasteiger partial charge is 0.367 e. The minimum atomic E-state index is -3.69. The number of sulfonamides is 1. The number of rotatable bonds is 4. The van der Waals surface area contributed by atoms with Crippen LogP contribution < -0.4 is 10.0 Å². The molecule has 2 N–H and O–H groups in total. The topological polar surface area (TPSA) is 83.7 Å². The molecule has 0 unspecified atom stereocenters. The highest BCUT2D eigenvalue weighted by Crippen LogP contribution is 2.31. The first kappa shape index (κ1) is 19.0. The van der Waals surface area contributed by atoms with Crippen molar-refractivity contribution in [3.63, 3.8) is 0 Å². The third kappa shape index (κ3) is 3.91. The first-order valence-corrected chi connectivity index (χ1v) is 11.3. The average Bonchev–Trinajstić information content (AvgIpc) is 3.10. The van der Waals surface area contributed by atoms with Gasteiger partial charge in [0.05, 0.1) is 4.90 Å². The molecule has 1 fully saturated rings. The second-order valence-corrected chi connectivity index (χ2v) is 9.12. The lowest BCUT2D eigenvalue weighted by Crippen LogP contribution is -2.35. The van der Waals surface area contributed by atoms with Gasteiger partial charge in [0, 0.05) is 37.4 Å². The zero-order valence-corrected chi connectivity index (χ0v) is 16.6. The number of fused-ring (bicyclic) bond motifs is 1.